The van der Waals surface area contributed by atoms with Crippen molar-refractivity contribution in [3.8, 4) is 5.13 Å². The van der Waals surface area contributed by atoms with Gasteiger partial charge in [-0.2, -0.15) is 0 Å². The molecule has 0 spiro atoms. The van der Waals surface area contributed by atoms with Gasteiger partial charge in [-0.25, -0.2) is 14.9 Å². The first-order valence-electron chi connectivity index (χ1n) is 8.41. The summed E-state index contributed by atoms with van der Waals surface area (Å²) in [6.45, 7) is 2.79. The summed E-state index contributed by atoms with van der Waals surface area (Å²) in [5.41, 5.74) is 1.95. The predicted octanol–water partition coefficient (Wildman–Crippen LogP) is -1.28. The number of methoxy groups -OCH3 is 1. The average Bonchev–Trinajstić information content (AvgIpc) is 3.20. The molecule has 7 nitrogen and oxygen atoms in total. The van der Waals surface area contributed by atoms with Crippen LogP contribution in [0.25, 0.3) is 26.3 Å². The minimum atomic E-state index is -0.161. The Hall–Kier alpha value is -1.71. The van der Waals surface area contributed by atoms with Crippen LogP contribution < -0.4 is 45.7 Å². The van der Waals surface area contributed by atoms with E-state index in [0.717, 1.165) is 15.9 Å². The number of hydrogen-bond donors (Lipinski definition) is 1. The number of rotatable bonds is 5. The number of pyridine rings is 1. The summed E-state index contributed by atoms with van der Waals surface area (Å²) >= 11 is 1.49. The van der Waals surface area contributed by atoms with Crippen LogP contribution in [0.5, 0.6) is 0 Å². The number of benzene rings is 1. The SMILES string of the molecule is CCc1c2c(=O)n(-c3[nH+]c4ccccc4s3)[nH]c2cc(=O)n1CCOC.[Na+]. The zero-order valence-electron chi connectivity index (χ0n) is 15.5. The smallest absolute Gasteiger partial charge is 0.383 e. The number of fused-ring (bicyclic) bond motifs is 2. The topological polar surface area (TPSA) is 83.2 Å². The van der Waals surface area contributed by atoms with Gasteiger partial charge in [0.05, 0.1) is 16.8 Å². The van der Waals surface area contributed by atoms with E-state index in [1.54, 1.807) is 11.7 Å². The van der Waals surface area contributed by atoms with E-state index in [0.29, 0.717) is 35.6 Å². The summed E-state index contributed by atoms with van der Waals surface area (Å²) in [5.74, 6) is 0. The van der Waals surface area contributed by atoms with Gasteiger partial charge in [0, 0.05) is 25.4 Å². The fourth-order valence-corrected chi connectivity index (χ4v) is 4.22. The van der Waals surface area contributed by atoms with Crippen molar-refractivity contribution in [1.82, 2.24) is 14.3 Å². The molecule has 27 heavy (non-hydrogen) atoms. The summed E-state index contributed by atoms with van der Waals surface area (Å²) in [4.78, 5) is 28.8. The van der Waals surface area contributed by atoms with Gasteiger partial charge in [-0.15, -0.1) is 0 Å². The Morgan fingerprint density at radius 3 is 2.74 bits per heavy atom. The second kappa shape index (κ2) is 8.12. The Balaban J connectivity index is 0.00000210. The quantitative estimate of drug-likeness (QED) is 0.428. The molecule has 3 aromatic heterocycles. The van der Waals surface area contributed by atoms with Crippen molar-refractivity contribution in [3.05, 3.63) is 56.7 Å². The molecule has 1 aromatic carbocycles. The third-order valence-electron chi connectivity index (χ3n) is 4.46. The zero-order chi connectivity index (χ0) is 18.3. The van der Waals surface area contributed by atoms with Crippen molar-refractivity contribution in [2.75, 3.05) is 13.7 Å². The maximum atomic E-state index is 13.1. The second-order valence-corrected chi connectivity index (χ2v) is 7.03. The Morgan fingerprint density at radius 1 is 1.26 bits per heavy atom. The molecule has 0 saturated heterocycles. The zero-order valence-corrected chi connectivity index (χ0v) is 18.4. The third-order valence-corrected chi connectivity index (χ3v) is 5.51. The normalized spacial score (nSPS) is 11.2. The second-order valence-electron chi connectivity index (χ2n) is 6.00. The number of H-pyrrole nitrogens is 2. The van der Waals surface area contributed by atoms with Crippen LogP contribution in [-0.4, -0.2) is 28.1 Å². The number of aromatic amines is 2. The third kappa shape index (κ3) is 3.43. The molecule has 0 aliphatic rings. The van der Waals surface area contributed by atoms with Gasteiger partial charge in [0.1, 0.15) is 10.9 Å². The van der Waals surface area contributed by atoms with Crippen LogP contribution in [0.3, 0.4) is 0 Å². The van der Waals surface area contributed by atoms with Crippen LogP contribution in [-0.2, 0) is 17.7 Å². The number of ether oxygens (including phenoxy) is 1. The Morgan fingerprint density at radius 2 is 2.04 bits per heavy atom. The number of para-hydroxylation sites is 1. The van der Waals surface area contributed by atoms with Gasteiger partial charge in [0.25, 0.3) is 5.56 Å². The number of nitrogens with zero attached hydrogens (tertiary/aromatic N) is 2. The molecule has 4 aromatic rings. The number of aromatic nitrogens is 4. The van der Waals surface area contributed by atoms with Crippen LogP contribution in [0, 0.1) is 0 Å². The minimum Gasteiger partial charge on any atom is -0.383 e. The Kier molecular flexibility index (Phi) is 6.02. The van der Waals surface area contributed by atoms with Crippen LogP contribution in [0.1, 0.15) is 12.6 Å². The molecule has 0 aliphatic heterocycles. The molecule has 9 heteroatoms. The van der Waals surface area contributed by atoms with Gasteiger partial charge in [0.15, 0.2) is 0 Å². The molecule has 0 amide bonds. The fourth-order valence-electron chi connectivity index (χ4n) is 3.25. The van der Waals surface area contributed by atoms with Gasteiger partial charge < -0.3 is 9.30 Å². The van der Waals surface area contributed by atoms with Crippen molar-refractivity contribution < 1.29 is 39.3 Å². The molecular formula is C18H19N4NaO3S+2. The summed E-state index contributed by atoms with van der Waals surface area (Å²) in [5, 5.41) is 4.31. The van der Waals surface area contributed by atoms with Crippen LogP contribution >= 0.6 is 11.3 Å². The first-order valence-corrected chi connectivity index (χ1v) is 9.23. The molecule has 0 fully saturated rings. The fraction of sp³-hybridized carbons (Fsp3) is 0.278. The van der Waals surface area contributed by atoms with Crippen molar-refractivity contribution in [2.24, 2.45) is 0 Å². The number of hydrogen-bond acceptors (Lipinski definition) is 4. The molecule has 0 aliphatic carbocycles. The molecule has 0 bridgehead atoms. The summed E-state index contributed by atoms with van der Waals surface area (Å²) in [7, 11) is 1.59. The molecule has 0 unspecified atom stereocenters. The van der Waals surface area contributed by atoms with E-state index in [1.165, 1.54) is 22.1 Å². The number of thiazole rings is 1. The van der Waals surface area contributed by atoms with Gasteiger partial charge in [0.2, 0.25) is 0 Å². The van der Waals surface area contributed by atoms with E-state index in [-0.39, 0.29) is 40.7 Å². The summed E-state index contributed by atoms with van der Waals surface area (Å²) < 4.78 is 9.26. The largest absolute Gasteiger partial charge is 1.00 e. The van der Waals surface area contributed by atoms with Crippen LogP contribution in [0.15, 0.2) is 39.9 Å². The van der Waals surface area contributed by atoms with Crippen molar-refractivity contribution >= 4 is 32.5 Å². The minimum absolute atomic E-state index is 0. The molecule has 2 N–H and O–H groups in total. The van der Waals surface area contributed by atoms with Crippen molar-refractivity contribution in [2.45, 2.75) is 19.9 Å². The first-order chi connectivity index (χ1) is 12.6. The van der Waals surface area contributed by atoms with Gasteiger partial charge in [-0.3, -0.25) is 4.79 Å². The molecule has 0 atom stereocenters. The van der Waals surface area contributed by atoms with E-state index in [9.17, 15) is 9.59 Å². The molecule has 134 valence electrons. The van der Waals surface area contributed by atoms with E-state index in [2.05, 4.69) is 10.1 Å². The maximum Gasteiger partial charge on any atom is 1.00 e. The Bertz CT molecular complexity index is 1190. The Labute approximate surface area is 180 Å². The molecule has 0 saturated carbocycles. The molecule has 3 heterocycles. The van der Waals surface area contributed by atoms with E-state index < -0.39 is 0 Å². The average molecular weight is 394 g/mol. The summed E-state index contributed by atoms with van der Waals surface area (Å²) in [6, 6.07) is 9.35. The van der Waals surface area contributed by atoms with Gasteiger partial charge in [-0.1, -0.05) is 23.7 Å². The number of nitrogens with one attached hydrogen (secondary N) is 2. The van der Waals surface area contributed by atoms with Crippen molar-refractivity contribution in [1.29, 1.82) is 0 Å². The van der Waals surface area contributed by atoms with Crippen molar-refractivity contribution in [3.63, 3.8) is 0 Å². The van der Waals surface area contributed by atoms with Gasteiger partial charge >= 0.3 is 40.2 Å². The van der Waals surface area contributed by atoms with Crippen LogP contribution in [0.2, 0.25) is 0 Å². The standard InChI is InChI=1S/C18H18N4O3S.Na/c1-3-13-16-12(10-15(23)21(13)8-9-25-2)20-22(17(16)24)18-19-11-6-4-5-7-14(11)26-18;/h4-7,10,20H,3,8-9H2,1-2H3;/q;+1/p+1. The van der Waals surface area contributed by atoms with Gasteiger partial charge in [-0.05, 0) is 29.9 Å². The van der Waals surface area contributed by atoms with E-state index >= 15 is 0 Å². The molecule has 0 radical (unpaired) electrons. The first kappa shape index (κ1) is 20.0. The summed E-state index contributed by atoms with van der Waals surface area (Å²) in [6.07, 6.45) is 0.583. The van der Waals surface area contributed by atoms with E-state index in [1.807, 2.05) is 31.2 Å². The number of aryl methyl sites for hydroxylation is 1. The van der Waals surface area contributed by atoms with E-state index in [4.69, 9.17) is 4.74 Å². The maximum absolute atomic E-state index is 13.1. The monoisotopic (exact) mass is 394 g/mol. The predicted molar refractivity (Wildman–Crippen MR) is 101 cm³/mol. The van der Waals surface area contributed by atoms with Crippen LogP contribution in [0.4, 0.5) is 0 Å². The molecule has 4 rings (SSSR count). The molecular weight excluding hydrogens is 375 g/mol.